The molecule has 1 amide bonds. The number of rotatable bonds is 4. The first-order chi connectivity index (χ1) is 7.56. The second-order valence-corrected chi connectivity index (χ2v) is 4.42. The van der Waals surface area contributed by atoms with Crippen molar-refractivity contribution in [2.45, 2.75) is 33.6 Å². The smallest absolute Gasteiger partial charge is 0.225 e. The van der Waals surface area contributed by atoms with E-state index in [1.54, 1.807) is 4.90 Å². The predicted molar refractivity (Wildman–Crippen MR) is 66.0 cm³/mol. The van der Waals surface area contributed by atoms with Gasteiger partial charge in [0.05, 0.1) is 24.5 Å². The average molecular weight is 223 g/mol. The van der Waals surface area contributed by atoms with E-state index in [1.165, 1.54) is 0 Å². The standard InChI is InChI=1S/C12H21N3O/c1-4-5-6-14-11-8-15(7-10(11)13)12(16)9(2)3/h6,9H,4-5,7-8,13H2,1-3H3. The van der Waals surface area contributed by atoms with Gasteiger partial charge in [-0.15, -0.1) is 0 Å². The van der Waals surface area contributed by atoms with E-state index in [9.17, 15) is 4.79 Å². The van der Waals surface area contributed by atoms with Crippen molar-refractivity contribution in [3.05, 3.63) is 11.4 Å². The Morgan fingerprint density at radius 3 is 2.81 bits per heavy atom. The van der Waals surface area contributed by atoms with E-state index < -0.39 is 0 Å². The lowest BCUT2D eigenvalue weighted by molar-refractivity contribution is -0.133. The topological polar surface area (TPSA) is 58.7 Å². The lowest BCUT2D eigenvalue weighted by atomic mass is 10.2. The Hall–Kier alpha value is -1.32. The summed E-state index contributed by atoms with van der Waals surface area (Å²) in [7, 11) is 0. The van der Waals surface area contributed by atoms with Crippen LogP contribution in [0.3, 0.4) is 0 Å². The fourth-order valence-corrected chi connectivity index (χ4v) is 1.58. The third kappa shape index (κ3) is 3.08. The van der Waals surface area contributed by atoms with Gasteiger partial charge in [0.15, 0.2) is 0 Å². The molecule has 0 unspecified atom stereocenters. The summed E-state index contributed by atoms with van der Waals surface area (Å²) in [6.45, 7) is 6.99. The highest BCUT2D eigenvalue weighted by Gasteiger charge is 2.25. The van der Waals surface area contributed by atoms with Crippen LogP contribution in [0.5, 0.6) is 0 Å². The first-order valence-corrected chi connectivity index (χ1v) is 5.85. The summed E-state index contributed by atoms with van der Waals surface area (Å²) in [6, 6.07) is 0. The van der Waals surface area contributed by atoms with E-state index in [2.05, 4.69) is 11.9 Å². The van der Waals surface area contributed by atoms with Crippen molar-refractivity contribution in [1.82, 2.24) is 4.90 Å². The molecule has 4 heteroatoms. The molecule has 0 aromatic rings. The molecule has 90 valence electrons. The number of aliphatic imine (C=N–C) groups is 1. The third-order valence-corrected chi connectivity index (χ3v) is 2.54. The van der Waals surface area contributed by atoms with Gasteiger partial charge in [-0.1, -0.05) is 27.2 Å². The van der Waals surface area contributed by atoms with Crippen LogP contribution in [-0.2, 0) is 4.79 Å². The molecule has 0 aromatic carbocycles. The van der Waals surface area contributed by atoms with E-state index >= 15 is 0 Å². The summed E-state index contributed by atoms with van der Waals surface area (Å²) in [5, 5.41) is 0. The third-order valence-electron chi connectivity index (χ3n) is 2.54. The number of unbranched alkanes of at least 4 members (excludes halogenated alkanes) is 1. The first-order valence-electron chi connectivity index (χ1n) is 5.85. The minimum absolute atomic E-state index is 0.0202. The highest BCUT2D eigenvalue weighted by molar-refractivity contribution is 5.79. The first kappa shape index (κ1) is 12.7. The fourth-order valence-electron chi connectivity index (χ4n) is 1.58. The molecule has 1 heterocycles. The number of hydrogen-bond donors (Lipinski definition) is 1. The summed E-state index contributed by atoms with van der Waals surface area (Å²) < 4.78 is 0. The molecule has 4 nitrogen and oxygen atoms in total. The van der Waals surface area contributed by atoms with Gasteiger partial charge in [0.2, 0.25) is 5.91 Å². The Labute approximate surface area is 97.2 Å². The van der Waals surface area contributed by atoms with Crippen molar-refractivity contribution in [1.29, 1.82) is 0 Å². The van der Waals surface area contributed by atoms with Crippen LogP contribution in [0.25, 0.3) is 0 Å². The number of hydrogen-bond acceptors (Lipinski definition) is 3. The molecule has 0 bridgehead atoms. The highest BCUT2D eigenvalue weighted by Crippen LogP contribution is 2.16. The molecule has 0 radical (unpaired) electrons. The fraction of sp³-hybridized carbons (Fsp3) is 0.667. The molecule has 0 fully saturated rings. The molecule has 0 atom stereocenters. The van der Waals surface area contributed by atoms with Crippen molar-refractivity contribution in [2.24, 2.45) is 16.6 Å². The van der Waals surface area contributed by atoms with E-state index in [0.717, 1.165) is 24.2 Å². The number of carbonyl (C=O) groups excluding carboxylic acids is 1. The van der Waals surface area contributed by atoms with Crippen LogP contribution in [-0.4, -0.2) is 30.1 Å². The van der Waals surface area contributed by atoms with Crippen LogP contribution in [0.1, 0.15) is 33.6 Å². The van der Waals surface area contributed by atoms with Crippen molar-refractivity contribution in [3.63, 3.8) is 0 Å². The molecular weight excluding hydrogens is 202 g/mol. The van der Waals surface area contributed by atoms with E-state index in [1.807, 2.05) is 20.1 Å². The Morgan fingerprint density at radius 1 is 1.56 bits per heavy atom. The normalized spacial score (nSPS) is 16.9. The zero-order chi connectivity index (χ0) is 12.1. The summed E-state index contributed by atoms with van der Waals surface area (Å²) in [5.41, 5.74) is 7.43. The Kier molecular flexibility index (Phi) is 4.52. The lowest BCUT2D eigenvalue weighted by Gasteiger charge is -2.17. The maximum absolute atomic E-state index is 11.8. The van der Waals surface area contributed by atoms with Crippen molar-refractivity contribution < 1.29 is 4.79 Å². The van der Waals surface area contributed by atoms with Crippen LogP contribution in [0.4, 0.5) is 0 Å². The predicted octanol–water partition coefficient (Wildman–Crippen LogP) is 1.53. The van der Waals surface area contributed by atoms with Crippen LogP contribution < -0.4 is 5.73 Å². The maximum atomic E-state index is 11.8. The molecule has 1 aliphatic rings. The molecule has 0 saturated heterocycles. The Balaban J connectivity index is 2.57. The van der Waals surface area contributed by atoms with Gasteiger partial charge < -0.3 is 10.6 Å². The van der Waals surface area contributed by atoms with Crippen molar-refractivity contribution in [2.75, 3.05) is 13.1 Å². The Bertz CT molecular complexity index is 318. The number of carbonyl (C=O) groups is 1. The summed E-state index contributed by atoms with van der Waals surface area (Å²) in [5.74, 6) is 0.162. The highest BCUT2D eigenvalue weighted by atomic mass is 16.2. The molecule has 2 N–H and O–H groups in total. The minimum atomic E-state index is 0.0202. The Morgan fingerprint density at radius 2 is 2.25 bits per heavy atom. The van der Waals surface area contributed by atoms with Gasteiger partial charge >= 0.3 is 0 Å². The largest absolute Gasteiger partial charge is 0.399 e. The van der Waals surface area contributed by atoms with Gasteiger partial charge in [0.25, 0.3) is 0 Å². The van der Waals surface area contributed by atoms with Gasteiger partial charge in [-0.25, -0.2) is 0 Å². The van der Waals surface area contributed by atoms with E-state index in [0.29, 0.717) is 13.1 Å². The second kappa shape index (κ2) is 5.68. The second-order valence-electron chi connectivity index (χ2n) is 4.42. The zero-order valence-corrected chi connectivity index (χ0v) is 10.4. The zero-order valence-electron chi connectivity index (χ0n) is 10.4. The van der Waals surface area contributed by atoms with E-state index in [-0.39, 0.29) is 11.8 Å². The van der Waals surface area contributed by atoms with E-state index in [4.69, 9.17) is 5.73 Å². The minimum Gasteiger partial charge on any atom is -0.399 e. The molecule has 1 rings (SSSR count). The maximum Gasteiger partial charge on any atom is 0.225 e. The van der Waals surface area contributed by atoms with Gasteiger partial charge in [0.1, 0.15) is 0 Å². The van der Waals surface area contributed by atoms with Crippen LogP contribution in [0, 0.1) is 5.92 Å². The van der Waals surface area contributed by atoms with Gasteiger partial charge in [-0.3, -0.25) is 9.79 Å². The van der Waals surface area contributed by atoms with Gasteiger partial charge in [-0.2, -0.15) is 0 Å². The summed E-state index contributed by atoms with van der Waals surface area (Å²) in [6.07, 6.45) is 3.91. The molecule has 0 aliphatic carbocycles. The van der Waals surface area contributed by atoms with Crippen LogP contribution in [0.15, 0.2) is 16.4 Å². The SMILES string of the molecule is CCCC=NC1=C(N)CN(C(=O)C(C)C)C1. The van der Waals surface area contributed by atoms with Gasteiger partial charge in [-0.05, 0) is 6.42 Å². The average Bonchev–Trinajstić information content (AvgIpc) is 2.59. The van der Waals surface area contributed by atoms with Crippen LogP contribution >= 0.6 is 0 Å². The van der Waals surface area contributed by atoms with Crippen molar-refractivity contribution in [3.8, 4) is 0 Å². The molecule has 1 aliphatic heterocycles. The van der Waals surface area contributed by atoms with Gasteiger partial charge in [0, 0.05) is 12.1 Å². The molecule has 0 spiro atoms. The number of nitrogens with zero attached hydrogens (tertiary/aromatic N) is 2. The molecule has 0 aromatic heterocycles. The quantitative estimate of drug-likeness (QED) is 0.735. The monoisotopic (exact) mass is 223 g/mol. The molecule has 0 saturated carbocycles. The lowest BCUT2D eigenvalue weighted by Crippen LogP contribution is -2.33. The number of amides is 1. The molecular formula is C12H21N3O. The van der Waals surface area contributed by atoms with Crippen molar-refractivity contribution >= 4 is 12.1 Å². The van der Waals surface area contributed by atoms with Crippen LogP contribution in [0.2, 0.25) is 0 Å². The summed E-state index contributed by atoms with van der Waals surface area (Å²) in [4.78, 5) is 17.8. The summed E-state index contributed by atoms with van der Waals surface area (Å²) >= 11 is 0. The molecule has 16 heavy (non-hydrogen) atoms. The number of nitrogens with two attached hydrogens (primary N) is 1.